The van der Waals surface area contributed by atoms with Crippen molar-refractivity contribution in [2.45, 2.75) is 329 Å². The van der Waals surface area contributed by atoms with E-state index in [2.05, 4.69) is 34.6 Å². The Bertz CT molecular complexity index is 1580. The van der Waals surface area contributed by atoms with Crippen molar-refractivity contribution in [2.75, 3.05) is 39.6 Å². The van der Waals surface area contributed by atoms with Gasteiger partial charge in [0.2, 0.25) is 0 Å². The van der Waals surface area contributed by atoms with E-state index in [1.165, 1.54) is 128 Å². The number of hydrogen-bond donors (Lipinski definition) is 3. The fraction of sp³-hybridized carbons (Fsp3) is 0.935. The normalized spacial score (nSPS) is 14.3. The quantitative estimate of drug-likeness (QED) is 0.0222. The average Bonchev–Trinajstić information content (AvgIpc) is 3.43. The number of carbonyl (C=O) groups is 4. The number of aliphatic hydroxyl groups excluding tert-OH is 1. The van der Waals surface area contributed by atoms with Gasteiger partial charge < -0.3 is 33.8 Å². The maximum absolute atomic E-state index is 12.9. The Labute approximate surface area is 492 Å². The van der Waals surface area contributed by atoms with Crippen LogP contribution >= 0.6 is 15.6 Å². The molecular weight excluding hydrogens is 1080 g/mol. The van der Waals surface area contributed by atoms with Crippen molar-refractivity contribution in [2.24, 2.45) is 5.92 Å². The molecule has 2 unspecified atom stereocenters. The third-order valence-corrected chi connectivity index (χ3v) is 16.2. The number of phosphoric ester groups is 2. The van der Waals surface area contributed by atoms with Gasteiger partial charge in [-0.3, -0.25) is 37.3 Å². The third kappa shape index (κ3) is 56.9. The summed E-state index contributed by atoms with van der Waals surface area (Å²) in [6, 6.07) is 0. The van der Waals surface area contributed by atoms with Crippen LogP contribution < -0.4 is 0 Å². The van der Waals surface area contributed by atoms with Gasteiger partial charge in [-0.2, -0.15) is 0 Å². The van der Waals surface area contributed by atoms with E-state index in [1.54, 1.807) is 0 Å². The van der Waals surface area contributed by atoms with Crippen LogP contribution in [0.5, 0.6) is 0 Å². The molecule has 0 rings (SSSR count). The van der Waals surface area contributed by atoms with Crippen LogP contribution in [-0.4, -0.2) is 96.7 Å². The highest BCUT2D eigenvalue weighted by atomic mass is 31.2. The van der Waals surface area contributed by atoms with E-state index >= 15 is 0 Å². The van der Waals surface area contributed by atoms with Gasteiger partial charge in [0.1, 0.15) is 19.3 Å². The first kappa shape index (κ1) is 79.1. The molecule has 0 fully saturated rings. The molecule has 0 aromatic rings. The number of unbranched alkanes of at least 4 members (excludes halogenated alkanes) is 34. The molecule has 17 nitrogen and oxygen atoms in total. The average molecular weight is 1200 g/mol. The van der Waals surface area contributed by atoms with Crippen molar-refractivity contribution in [1.29, 1.82) is 0 Å². The lowest BCUT2D eigenvalue weighted by Gasteiger charge is -2.21. The Morgan fingerprint density at radius 2 is 0.568 bits per heavy atom. The molecule has 81 heavy (non-hydrogen) atoms. The highest BCUT2D eigenvalue weighted by Gasteiger charge is 2.30. The van der Waals surface area contributed by atoms with Gasteiger partial charge in [0.25, 0.3) is 0 Å². The fourth-order valence-corrected chi connectivity index (χ4v) is 10.8. The standard InChI is InChI=1S/C62H120O17P2/c1-6-9-12-15-17-19-21-22-24-28-33-38-43-48-62(67)79-58(52-73-60(65)46-41-36-31-29-25-26-30-35-39-44-55(4)5)54-77-81(70,71)75-50-56(63)49-74-80(68,69)76-53-57(51-72-59(64)45-40-34-14-11-8-3)78-61(66)47-42-37-32-27-23-20-18-16-13-10-7-2/h55-58,63H,6-54H2,1-5H3,(H,68,69)(H,70,71)/t56-,57+,58+/m0/s1. The molecule has 0 aromatic heterocycles. The van der Waals surface area contributed by atoms with Gasteiger partial charge in [0.05, 0.1) is 26.4 Å². The van der Waals surface area contributed by atoms with E-state index < -0.39 is 97.5 Å². The Morgan fingerprint density at radius 1 is 0.333 bits per heavy atom. The molecular formula is C62H120O17P2. The number of phosphoric acid groups is 2. The van der Waals surface area contributed by atoms with Crippen LogP contribution in [0.1, 0.15) is 311 Å². The van der Waals surface area contributed by atoms with Crippen molar-refractivity contribution in [3.05, 3.63) is 0 Å². The number of aliphatic hydroxyl groups is 1. The summed E-state index contributed by atoms with van der Waals surface area (Å²) in [6.07, 6.45) is 39.2. The Hall–Kier alpha value is -1.94. The maximum atomic E-state index is 12.9. The first-order valence-corrected chi connectivity index (χ1v) is 35.6. The number of esters is 4. The van der Waals surface area contributed by atoms with Crippen LogP contribution in [0, 0.1) is 5.92 Å². The van der Waals surface area contributed by atoms with E-state index in [0.29, 0.717) is 25.7 Å². The monoisotopic (exact) mass is 1200 g/mol. The van der Waals surface area contributed by atoms with Gasteiger partial charge >= 0.3 is 39.5 Å². The second-order valence-corrected chi connectivity index (χ2v) is 25.8. The van der Waals surface area contributed by atoms with Gasteiger partial charge in [0.15, 0.2) is 12.2 Å². The fourth-order valence-electron chi connectivity index (χ4n) is 9.23. The van der Waals surface area contributed by atoms with Crippen LogP contribution in [0.15, 0.2) is 0 Å². The van der Waals surface area contributed by atoms with E-state index in [0.717, 1.165) is 102 Å². The third-order valence-electron chi connectivity index (χ3n) is 14.3. The van der Waals surface area contributed by atoms with Crippen LogP contribution in [0.4, 0.5) is 0 Å². The summed E-state index contributed by atoms with van der Waals surface area (Å²) in [4.78, 5) is 71.9. The molecule has 0 amide bonds. The van der Waals surface area contributed by atoms with Crippen LogP contribution in [0.25, 0.3) is 0 Å². The molecule has 5 atom stereocenters. The molecule has 0 saturated heterocycles. The highest BCUT2D eigenvalue weighted by Crippen LogP contribution is 2.45. The Kier molecular flexibility index (Phi) is 54.6. The molecule has 0 saturated carbocycles. The first-order chi connectivity index (χ1) is 39.0. The minimum absolute atomic E-state index is 0.106. The second-order valence-electron chi connectivity index (χ2n) is 22.9. The number of hydrogen-bond acceptors (Lipinski definition) is 15. The van der Waals surface area contributed by atoms with E-state index in [1.807, 2.05) is 0 Å². The largest absolute Gasteiger partial charge is 0.472 e. The summed E-state index contributed by atoms with van der Waals surface area (Å²) >= 11 is 0. The van der Waals surface area contributed by atoms with Crippen molar-refractivity contribution < 1.29 is 80.2 Å². The van der Waals surface area contributed by atoms with Crippen molar-refractivity contribution in [3.8, 4) is 0 Å². The SMILES string of the molecule is CCCCCCCCCCCCCCCC(=O)O[C@H](COC(=O)CCCCCCCCCCCC(C)C)COP(=O)(O)OC[C@@H](O)COP(=O)(O)OC[C@@H](COC(=O)CCCCCCC)OC(=O)CCCCCCCCCCCCC. The summed E-state index contributed by atoms with van der Waals surface area (Å²) in [5, 5.41) is 10.5. The number of carbonyl (C=O) groups excluding carboxylic acids is 4. The molecule has 0 radical (unpaired) electrons. The summed E-state index contributed by atoms with van der Waals surface area (Å²) in [7, 11) is -9.87. The lowest BCUT2D eigenvalue weighted by atomic mass is 10.0. The molecule has 0 aliphatic heterocycles. The van der Waals surface area contributed by atoms with Crippen LogP contribution in [0.3, 0.4) is 0 Å². The van der Waals surface area contributed by atoms with Crippen LogP contribution in [0.2, 0.25) is 0 Å². The summed E-state index contributed by atoms with van der Waals surface area (Å²) in [5.41, 5.74) is 0. The van der Waals surface area contributed by atoms with Crippen molar-refractivity contribution >= 4 is 39.5 Å². The Balaban J connectivity index is 5.18. The topological polar surface area (TPSA) is 237 Å². The molecule has 0 heterocycles. The number of ether oxygens (including phenoxy) is 4. The molecule has 3 N–H and O–H groups in total. The number of rotatable bonds is 62. The lowest BCUT2D eigenvalue weighted by Crippen LogP contribution is -2.30. The zero-order valence-corrected chi connectivity index (χ0v) is 53.7. The van der Waals surface area contributed by atoms with Gasteiger partial charge in [0, 0.05) is 25.7 Å². The zero-order chi connectivity index (χ0) is 59.9. The molecule has 0 spiro atoms. The minimum Gasteiger partial charge on any atom is -0.462 e. The summed E-state index contributed by atoms with van der Waals surface area (Å²) in [5.74, 6) is -1.40. The van der Waals surface area contributed by atoms with E-state index in [-0.39, 0.29) is 25.7 Å². The highest BCUT2D eigenvalue weighted by molar-refractivity contribution is 7.47. The van der Waals surface area contributed by atoms with Gasteiger partial charge in [-0.05, 0) is 31.6 Å². The summed E-state index contributed by atoms with van der Waals surface area (Å²) < 4.78 is 67.7. The predicted octanol–water partition coefficient (Wildman–Crippen LogP) is 17.0. The van der Waals surface area contributed by atoms with Gasteiger partial charge in [-0.25, -0.2) is 9.13 Å². The first-order valence-electron chi connectivity index (χ1n) is 32.6. The maximum Gasteiger partial charge on any atom is 0.472 e. The molecule has 0 aliphatic carbocycles. The van der Waals surface area contributed by atoms with Crippen molar-refractivity contribution in [1.82, 2.24) is 0 Å². The van der Waals surface area contributed by atoms with Gasteiger partial charge in [-0.1, -0.05) is 259 Å². The smallest absolute Gasteiger partial charge is 0.462 e. The predicted molar refractivity (Wildman–Crippen MR) is 322 cm³/mol. The molecule has 19 heteroatoms. The second kappa shape index (κ2) is 55.9. The molecule has 0 bridgehead atoms. The lowest BCUT2D eigenvalue weighted by molar-refractivity contribution is -0.161. The van der Waals surface area contributed by atoms with E-state index in [4.69, 9.17) is 37.0 Å². The summed E-state index contributed by atoms with van der Waals surface area (Å²) in [6.45, 7) is 7.08. The van der Waals surface area contributed by atoms with Gasteiger partial charge in [-0.15, -0.1) is 0 Å². The van der Waals surface area contributed by atoms with Crippen molar-refractivity contribution in [3.63, 3.8) is 0 Å². The molecule has 480 valence electrons. The Morgan fingerprint density at radius 3 is 0.840 bits per heavy atom. The molecule has 0 aliphatic rings. The minimum atomic E-state index is -4.94. The zero-order valence-electron chi connectivity index (χ0n) is 51.9. The molecule has 0 aromatic carbocycles. The van der Waals surface area contributed by atoms with E-state index in [9.17, 15) is 43.2 Å². The van der Waals surface area contributed by atoms with Crippen LogP contribution in [-0.2, 0) is 65.4 Å².